The highest BCUT2D eigenvalue weighted by molar-refractivity contribution is 5.94. The van der Waals surface area contributed by atoms with Gasteiger partial charge in [0.15, 0.2) is 0 Å². The van der Waals surface area contributed by atoms with Gasteiger partial charge in [0, 0.05) is 25.3 Å². The van der Waals surface area contributed by atoms with Crippen molar-refractivity contribution in [2.75, 3.05) is 20.3 Å². The van der Waals surface area contributed by atoms with E-state index in [4.69, 9.17) is 4.74 Å². The summed E-state index contributed by atoms with van der Waals surface area (Å²) in [6.07, 6.45) is 0. The summed E-state index contributed by atoms with van der Waals surface area (Å²) < 4.78 is 18.5. The van der Waals surface area contributed by atoms with Gasteiger partial charge < -0.3 is 9.64 Å². The fourth-order valence-corrected chi connectivity index (χ4v) is 1.94. The predicted molar refractivity (Wildman–Crippen MR) is 71.1 cm³/mol. The van der Waals surface area contributed by atoms with Crippen molar-refractivity contribution < 1.29 is 18.8 Å². The second-order valence-electron chi connectivity index (χ2n) is 4.32. The van der Waals surface area contributed by atoms with E-state index in [2.05, 4.69) is 0 Å². The van der Waals surface area contributed by atoms with Gasteiger partial charge in [-0.25, -0.2) is 0 Å². The number of amides is 1. The van der Waals surface area contributed by atoms with Gasteiger partial charge in [-0.15, -0.1) is 0 Å². The molecule has 110 valence electrons. The van der Waals surface area contributed by atoms with Crippen LogP contribution in [0.5, 0.6) is 0 Å². The van der Waals surface area contributed by atoms with Crippen LogP contribution in [-0.2, 0) is 4.74 Å². The first-order valence-corrected chi connectivity index (χ1v) is 6.16. The highest BCUT2D eigenvalue weighted by Crippen LogP contribution is 2.19. The van der Waals surface area contributed by atoms with Crippen LogP contribution >= 0.6 is 0 Å². The van der Waals surface area contributed by atoms with Crippen LogP contribution in [0.15, 0.2) is 18.2 Å². The molecule has 0 N–H and O–H groups in total. The van der Waals surface area contributed by atoms with E-state index < -0.39 is 16.4 Å². The van der Waals surface area contributed by atoms with E-state index in [1.807, 2.05) is 6.92 Å². The lowest BCUT2D eigenvalue weighted by Crippen LogP contribution is -2.40. The van der Waals surface area contributed by atoms with Crippen molar-refractivity contribution in [3.05, 3.63) is 39.7 Å². The van der Waals surface area contributed by atoms with Crippen molar-refractivity contribution in [3.63, 3.8) is 0 Å². The summed E-state index contributed by atoms with van der Waals surface area (Å²) >= 11 is 0. The number of nitro benzene ring substituents is 1. The molecule has 0 saturated carbocycles. The smallest absolute Gasteiger partial charge is 0.304 e. The number of rotatable bonds is 6. The summed E-state index contributed by atoms with van der Waals surface area (Å²) in [5, 5.41) is 10.5. The van der Waals surface area contributed by atoms with Gasteiger partial charge in [0.25, 0.3) is 5.91 Å². The molecule has 0 aromatic heterocycles. The summed E-state index contributed by atoms with van der Waals surface area (Å²) in [6, 6.07) is 2.97. The average molecular weight is 284 g/mol. The molecule has 0 heterocycles. The largest absolute Gasteiger partial charge is 0.383 e. The lowest BCUT2D eigenvalue weighted by atomic mass is 10.1. The number of nitro groups is 1. The zero-order chi connectivity index (χ0) is 15.3. The second kappa shape index (κ2) is 6.95. The molecule has 1 amide bonds. The molecule has 1 aromatic rings. The molecule has 0 fully saturated rings. The number of likely N-dealkylation sites (N-methyl/N-ethyl adjacent to an activating group) is 1. The van der Waals surface area contributed by atoms with Crippen molar-refractivity contribution >= 4 is 11.6 Å². The van der Waals surface area contributed by atoms with Crippen LogP contribution in [0, 0.1) is 15.9 Å². The third-order valence-electron chi connectivity index (χ3n) is 2.93. The lowest BCUT2D eigenvalue weighted by molar-refractivity contribution is -0.387. The van der Waals surface area contributed by atoms with E-state index in [-0.39, 0.29) is 17.5 Å². The zero-order valence-corrected chi connectivity index (χ0v) is 11.6. The fourth-order valence-electron chi connectivity index (χ4n) is 1.94. The number of hydrogen-bond acceptors (Lipinski definition) is 4. The maximum absolute atomic E-state index is 13.5. The molecule has 0 saturated heterocycles. The second-order valence-corrected chi connectivity index (χ2v) is 4.32. The Kier molecular flexibility index (Phi) is 5.57. The topological polar surface area (TPSA) is 72.7 Å². The molecule has 1 aromatic carbocycles. The van der Waals surface area contributed by atoms with E-state index in [0.717, 1.165) is 12.1 Å². The number of halogens is 1. The summed E-state index contributed by atoms with van der Waals surface area (Å²) in [4.78, 5) is 23.5. The summed E-state index contributed by atoms with van der Waals surface area (Å²) in [7, 11) is 1.53. The van der Waals surface area contributed by atoms with Gasteiger partial charge in [-0.2, -0.15) is 4.39 Å². The van der Waals surface area contributed by atoms with Crippen molar-refractivity contribution in [2.45, 2.75) is 19.9 Å². The average Bonchev–Trinajstić information content (AvgIpc) is 2.39. The molecule has 6 nitrogen and oxygen atoms in total. The molecule has 0 aliphatic rings. The number of benzene rings is 1. The highest BCUT2D eigenvalue weighted by Gasteiger charge is 2.22. The minimum atomic E-state index is -1.02. The normalized spacial score (nSPS) is 12.0. The van der Waals surface area contributed by atoms with Crippen molar-refractivity contribution in [1.82, 2.24) is 4.90 Å². The Labute approximate surface area is 116 Å². The molecule has 0 spiro atoms. The van der Waals surface area contributed by atoms with Gasteiger partial charge in [-0.3, -0.25) is 14.9 Å². The summed E-state index contributed by atoms with van der Waals surface area (Å²) in [6.45, 7) is 4.40. The third kappa shape index (κ3) is 3.51. The van der Waals surface area contributed by atoms with Crippen LogP contribution in [0.1, 0.15) is 24.2 Å². The van der Waals surface area contributed by atoms with Gasteiger partial charge >= 0.3 is 5.69 Å². The Hall–Kier alpha value is -2.02. The van der Waals surface area contributed by atoms with E-state index in [9.17, 15) is 19.3 Å². The Morgan fingerprint density at radius 2 is 2.20 bits per heavy atom. The van der Waals surface area contributed by atoms with Crippen LogP contribution in [0.3, 0.4) is 0 Å². The van der Waals surface area contributed by atoms with Gasteiger partial charge in [0.2, 0.25) is 5.82 Å². The first kappa shape index (κ1) is 16.0. The Morgan fingerprint density at radius 1 is 1.55 bits per heavy atom. The van der Waals surface area contributed by atoms with E-state index in [1.165, 1.54) is 18.1 Å². The highest BCUT2D eigenvalue weighted by atomic mass is 19.1. The van der Waals surface area contributed by atoms with Gasteiger partial charge in [0.1, 0.15) is 0 Å². The maximum Gasteiger partial charge on any atom is 0.304 e. The molecular formula is C13H17FN2O4. The van der Waals surface area contributed by atoms with Crippen molar-refractivity contribution in [1.29, 1.82) is 0 Å². The van der Waals surface area contributed by atoms with Crippen LogP contribution in [0.25, 0.3) is 0 Å². The Morgan fingerprint density at radius 3 is 2.65 bits per heavy atom. The maximum atomic E-state index is 13.5. The van der Waals surface area contributed by atoms with Crippen LogP contribution in [0.2, 0.25) is 0 Å². The number of carbonyl (C=O) groups excluding carboxylic acids is 1. The molecule has 0 radical (unpaired) electrons. The number of methoxy groups -OCH3 is 1. The molecule has 20 heavy (non-hydrogen) atoms. The SMILES string of the molecule is CCN(C(=O)c1ccc([N+](=O)[O-])c(F)c1)C(C)COC. The van der Waals surface area contributed by atoms with Crippen LogP contribution in [-0.4, -0.2) is 42.0 Å². The number of hydrogen-bond donors (Lipinski definition) is 0. The minimum absolute atomic E-state index is 0.0814. The van der Waals surface area contributed by atoms with Gasteiger partial charge in [-0.05, 0) is 26.0 Å². The fraction of sp³-hybridized carbons (Fsp3) is 0.462. The van der Waals surface area contributed by atoms with Crippen LogP contribution < -0.4 is 0 Å². The number of ether oxygens (including phenoxy) is 1. The molecule has 0 bridgehead atoms. The Balaban J connectivity index is 3.01. The quantitative estimate of drug-likeness (QED) is 0.593. The van der Waals surface area contributed by atoms with E-state index in [0.29, 0.717) is 13.2 Å². The third-order valence-corrected chi connectivity index (χ3v) is 2.93. The molecule has 1 rings (SSSR count). The van der Waals surface area contributed by atoms with Gasteiger partial charge in [-0.1, -0.05) is 0 Å². The van der Waals surface area contributed by atoms with Crippen molar-refractivity contribution in [2.24, 2.45) is 0 Å². The zero-order valence-electron chi connectivity index (χ0n) is 11.6. The predicted octanol–water partition coefficient (Wildman–Crippen LogP) is 2.23. The Bertz CT molecular complexity index is 507. The lowest BCUT2D eigenvalue weighted by Gasteiger charge is -2.27. The molecular weight excluding hydrogens is 267 g/mol. The van der Waals surface area contributed by atoms with E-state index >= 15 is 0 Å². The summed E-state index contributed by atoms with van der Waals surface area (Å²) in [5.41, 5.74) is -0.563. The molecule has 1 atom stereocenters. The number of nitrogens with zero attached hydrogens (tertiary/aromatic N) is 2. The van der Waals surface area contributed by atoms with Gasteiger partial charge in [0.05, 0.1) is 17.6 Å². The molecule has 0 aliphatic carbocycles. The number of carbonyl (C=O) groups is 1. The summed E-state index contributed by atoms with van der Waals surface area (Å²) in [5.74, 6) is -1.40. The molecule has 7 heteroatoms. The van der Waals surface area contributed by atoms with Crippen LogP contribution in [0.4, 0.5) is 10.1 Å². The van der Waals surface area contributed by atoms with Crippen molar-refractivity contribution in [3.8, 4) is 0 Å². The first-order valence-electron chi connectivity index (χ1n) is 6.16. The standard InChI is InChI=1S/C13H17FN2O4/c1-4-15(9(2)8-20-3)13(17)10-5-6-12(16(18)19)11(14)7-10/h5-7,9H,4,8H2,1-3H3. The molecule has 1 unspecified atom stereocenters. The van der Waals surface area contributed by atoms with E-state index in [1.54, 1.807) is 6.92 Å². The first-order chi connectivity index (χ1) is 9.42. The molecule has 0 aliphatic heterocycles. The minimum Gasteiger partial charge on any atom is -0.383 e. The monoisotopic (exact) mass is 284 g/mol.